The number of thiophene rings is 2. The van der Waals surface area contributed by atoms with Crippen molar-refractivity contribution >= 4 is 53.7 Å². The molecule has 4 rings (SSSR count). The molecule has 0 spiro atoms. The zero-order chi connectivity index (χ0) is 28.2. The molecule has 0 unspecified atom stereocenters. The van der Waals surface area contributed by atoms with Crippen molar-refractivity contribution < 1.29 is 9.53 Å². The second kappa shape index (κ2) is 15.6. The first-order valence-corrected chi connectivity index (χ1v) is 16.1. The lowest BCUT2D eigenvalue weighted by Crippen LogP contribution is -2.26. The maximum atomic E-state index is 12.3. The molecule has 214 valence electrons. The molecule has 2 heterocycles. The third kappa shape index (κ3) is 8.66. The number of hydrogen-bond donors (Lipinski definition) is 2. The number of esters is 1. The minimum Gasteiger partial charge on any atom is -0.462 e. The summed E-state index contributed by atoms with van der Waals surface area (Å²) >= 11 is 3.30. The standard InChI is InChI=1S/C31H41N5O2S2/c1-4-7-8-9-10-11-20-38-31(37)23-12-14-24(15-13-23)32-34-29-21-27-28(39-29)22-30(40-27)35-33-25-16-18-26(19-17-25)36(5-2)6-3/h12-16,18,21-22,33,35H,4-11,17,19-20H2,1-3H3. The Hall–Kier alpha value is -3.17. The molecule has 1 aliphatic rings. The molecule has 7 nitrogen and oxygen atoms in total. The van der Waals surface area contributed by atoms with Crippen LogP contribution in [0.15, 0.2) is 70.2 Å². The largest absolute Gasteiger partial charge is 0.462 e. The molecule has 2 aromatic heterocycles. The first-order valence-electron chi connectivity index (χ1n) is 14.5. The molecule has 0 radical (unpaired) electrons. The van der Waals surface area contributed by atoms with Gasteiger partial charge in [-0.1, -0.05) is 39.0 Å². The van der Waals surface area contributed by atoms with Crippen LogP contribution in [0, 0.1) is 0 Å². The van der Waals surface area contributed by atoms with Crippen molar-refractivity contribution in [1.29, 1.82) is 0 Å². The van der Waals surface area contributed by atoms with Gasteiger partial charge in [0, 0.05) is 33.9 Å². The zero-order valence-electron chi connectivity index (χ0n) is 23.9. The maximum Gasteiger partial charge on any atom is 0.338 e. The molecule has 0 saturated heterocycles. The number of unbranched alkanes of at least 4 members (excludes halogenated alkanes) is 5. The average Bonchev–Trinajstić information content (AvgIpc) is 3.54. The van der Waals surface area contributed by atoms with Crippen LogP contribution in [-0.4, -0.2) is 30.6 Å². The molecule has 2 N–H and O–H groups in total. The molecular weight excluding hydrogens is 539 g/mol. The summed E-state index contributed by atoms with van der Waals surface area (Å²) < 4.78 is 7.75. The van der Waals surface area contributed by atoms with Crippen molar-refractivity contribution in [3.8, 4) is 0 Å². The van der Waals surface area contributed by atoms with Crippen LogP contribution in [0.4, 0.5) is 15.7 Å². The predicted octanol–water partition coefficient (Wildman–Crippen LogP) is 9.72. The summed E-state index contributed by atoms with van der Waals surface area (Å²) in [6, 6.07) is 11.3. The van der Waals surface area contributed by atoms with E-state index in [1.165, 1.54) is 46.5 Å². The number of rotatable bonds is 16. The van der Waals surface area contributed by atoms with E-state index in [9.17, 15) is 4.79 Å². The number of nitrogens with one attached hydrogen (secondary N) is 2. The van der Waals surface area contributed by atoms with Gasteiger partial charge in [-0.2, -0.15) is 0 Å². The fraction of sp³-hybridized carbons (Fsp3) is 0.452. The number of hydrogen-bond acceptors (Lipinski definition) is 9. The highest BCUT2D eigenvalue weighted by atomic mass is 32.1. The number of nitrogens with zero attached hydrogens (tertiary/aromatic N) is 3. The van der Waals surface area contributed by atoms with Crippen LogP contribution < -0.4 is 10.9 Å². The van der Waals surface area contributed by atoms with Gasteiger partial charge in [0.25, 0.3) is 0 Å². The SMILES string of the molecule is CCCCCCCCOC(=O)c1ccc(N=Nc2cc3sc(NNC4=CC=C(N(CC)CC)CC4)cc3s2)cc1. The number of benzene rings is 1. The second-order valence-electron chi connectivity index (χ2n) is 9.85. The molecule has 1 aromatic carbocycles. The van der Waals surface area contributed by atoms with Crippen molar-refractivity contribution in [3.05, 3.63) is 65.5 Å². The van der Waals surface area contributed by atoms with Crippen LogP contribution >= 0.6 is 22.7 Å². The lowest BCUT2D eigenvalue weighted by Gasteiger charge is -2.27. The third-order valence-corrected chi connectivity index (χ3v) is 9.03. The first kappa shape index (κ1) is 29.8. The van der Waals surface area contributed by atoms with Crippen LogP contribution in [0.1, 0.15) is 82.5 Å². The number of carbonyl (C=O) groups excluding carboxylic acids is 1. The summed E-state index contributed by atoms with van der Waals surface area (Å²) in [6.07, 6.45) is 13.5. The molecular formula is C31H41N5O2S2. The summed E-state index contributed by atoms with van der Waals surface area (Å²) in [5.74, 6) is -0.282. The highest BCUT2D eigenvalue weighted by molar-refractivity contribution is 7.31. The molecule has 0 atom stereocenters. The second-order valence-corrected chi connectivity index (χ2v) is 12.0. The molecule has 0 saturated carbocycles. The summed E-state index contributed by atoms with van der Waals surface area (Å²) in [4.78, 5) is 14.7. The van der Waals surface area contributed by atoms with Crippen LogP contribution in [0.25, 0.3) is 9.40 Å². The Bertz CT molecular complexity index is 1290. The smallest absolute Gasteiger partial charge is 0.338 e. The van der Waals surface area contributed by atoms with E-state index in [2.05, 4.69) is 71.0 Å². The summed E-state index contributed by atoms with van der Waals surface area (Å²) in [6.45, 7) is 9.19. The zero-order valence-corrected chi connectivity index (χ0v) is 25.5. The van der Waals surface area contributed by atoms with Gasteiger partial charge in [-0.3, -0.25) is 5.43 Å². The van der Waals surface area contributed by atoms with Crippen LogP contribution in [0.3, 0.4) is 0 Å². The van der Waals surface area contributed by atoms with Gasteiger partial charge in [0.15, 0.2) is 0 Å². The van der Waals surface area contributed by atoms with E-state index in [4.69, 9.17) is 4.74 Å². The lowest BCUT2D eigenvalue weighted by atomic mass is 10.1. The van der Waals surface area contributed by atoms with Gasteiger partial charge in [0.1, 0.15) is 10.0 Å². The van der Waals surface area contributed by atoms with Gasteiger partial charge in [-0.05, 0) is 81.7 Å². The summed E-state index contributed by atoms with van der Waals surface area (Å²) in [7, 11) is 0. The van der Waals surface area contributed by atoms with Crippen molar-refractivity contribution in [2.75, 3.05) is 25.1 Å². The molecule has 0 amide bonds. The van der Waals surface area contributed by atoms with E-state index >= 15 is 0 Å². The van der Waals surface area contributed by atoms with Crippen molar-refractivity contribution in [1.82, 2.24) is 10.3 Å². The number of allylic oxidation sites excluding steroid dienone is 4. The topological polar surface area (TPSA) is 78.3 Å². The highest BCUT2D eigenvalue weighted by Gasteiger charge is 2.12. The van der Waals surface area contributed by atoms with Crippen molar-refractivity contribution in [3.63, 3.8) is 0 Å². The minimum atomic E-state index is -0.282. The van der Waals surface area contributed by atoms with Gasteiger partial charge in [-0.15, -0.1) is 32.9 Å². The quantitative estimate of drug-likeness (QED) is 0.0764. The summed E-state index contributed by atoms with van der Waals surface area (Å²) in [5, 5.41) is 10.7. The Balaban J connectivity index is 1.23. The van der Waals surface area contributed by atoms with Crippen molar-refractivity contribution in [2.24, 2.45) is 10.2 Å². The number of azo groups is 1. The van der Waals surface area contributed by atoms with Gasteiger partial charge in [0.05, 0.1) is 17.9 Å². The van der Waals surface area contributed by atoms with Crippen molar-refractivity contribution in [2.45, 2.75) is 72.1 Å². The predicted molar refractivity (Wildman–Crippen MR) is 169 cm³/mol. The van der Waals surface area contributed by atoms with Crippen LogP contribution in [-0.2, 0) is 4.74 Å². The number of anilines is 1. The van der Waals surface area contributed by atoms with Gasteiger partial charge in [0.2, 0.25) is 0 Å². The fourth-order valence-electron chi connectivity index (χ4n) is 4.60. The molecule has 0 aliphatic heterocycles. The normalized spacial score (nSPS) is 13.4. The number of hydrazine groups is 1. The molecule has 0 bridgehead atoms. The van der Waals surface area contributed by atoms with Gasteiger partial charge < -0.3 is 15.1 Å². The Morgan fingerprint density at radius 2 is 1.62 bits per heavy atom. The molecule has 9 heteroatoms. The van der Waals surface area contributed by atoms with E-state index in [1.807, 2.05) is 0 Å². The van der Waals surface area contributed by atoms with E-state index < -0.39 is 0 Å². The van der Waals surface area contributed by atoms with Crippen LogP contribution in [0.5, 0.6) is 0 Å². The highest BCUT2D eigenvalue weighted by Crippen LogP contribution is 2.40. The average molecular weight is 580 g/mol. The Morgan fingerprint density at radius 1 is 0.875 bits per heavy atom. The maximum absolute atomic E-state index is 12.3. The Labute approximate surface area is 246 Å². The number of ether oxygens (including phenoxy) is 1. The Morgan fingerprint density at radius 3 is 2.33 bits per heavy atom. The third-order valence-electron chi connectivity index (χ3n) is 6.94. The molecule has 0 fully saturated rings. The fourth-order valence-corrected chi connectivity index (χ4v) is 6.67. The van der Waals surface area contributed by atoms with Gasteiger partial charge >= 0.3 is 5.97 Å². The first-order chi connectivity index (χ1) is 19.6. The van der Waals surface area contributed by atoms with E-state index in [-0.39, 0.29) is 5.97 Å². The summed E-state index contributed by atoms with van der Waals surface area (Å²) in [5.41, 5.74) is 10.6. The van der Waals surface area contributed by atoms with Gasteiger partial charge in [-0.25, -0.2) is 4.79 Å². The molecule has 3 aromatic rings. The number of carbonyl (C=O) groups is 1. The van der Waals surface area contributed by atoms with Crippen LogP contribution in [0.2, 0.25) is 0 Å². The lowest BCUT2D eigenvalue weighted by molar-refractivity contribution is 0.0497. The number of fused-ring (bicyclic) bond motifs is 1. The van der Waals surface area contributed by atoms with E-state index in [0.29, 0.717) is 17.9 Å². The molecule has 1 aliphatic carbocycles. The van der Waals surface area contributed by atoms with E-state index in [0.717, 1.165) is 48.8 Å². The monoisotopic (exact) mass is 579 g/mol. The minimum absolute atomic E-state index is 0.282. The molecule has 40 heavy (non-hydrogen) atoms. The Kier molecular flexibility index (Phi) is 11.6. The van der Waals surface area contributed by atoms with E-state index in [1.54, 1.807) is 46.9 Å².